The summed E-state index contributed by atoms with van der Waals surface area (Å²) in [5, 5.41) is 12.3. The van der Waals surface area contributed by atoms with E-state index >= 15 is 0 Å². The van der Waals surface area contributed by atoms with Gasteiger partial charge in [0.15, 0.2) is 0 Å². The van der Waals surface area contributed by atoms with Crippen molar-refractivity contribution in [3.63, 3.8) is 0 Å². The Bertz CT molecular complexity index is 1060. The molecule has 1 aromatic heterocycles. The summed E-state index contributed by atoms with van der Waals surface area (Å²) >= 11 is 0. The second-order valence-corrected chi connectivity index (χ2v) is 9.54. The number of ether oxygens (including phenoxy) is 1. The third kappa shape index (κ3) is 4.15. The monoisotopic (exact) mass is 434 g/mol. The van der Waals surface area contributed by atoms with Crippen LogP contribution in [0.2, 0.25) is 0 Å². The molecule has 4 rings (SSSR count). The van der Waals surface area contributed by atoms with E-state index in [0.29, 0.717) is 11.7 Å². The fraction of sp³-hybridized carbons (Fsp3) is 0.370. The maximum Gasteiger partial charge on any atom is 0.124 e. The Morgan fingerprint density at radius 2 is 1.72 bits per heavy atom. The second kappa shape index (κ2) is 8.64. The molecule has 1 aliphatic rings. The van der Waals surface area contributed by atoms with Gasteiger partial charge in [0.25, 0.3) is 0 Å². The van der Waals surface area contributed by atoms with Gasteiger partial charge in [-0.1, -0.05) is 45.0 Å². The van der Waals surface area contributed by atoms with Gasteiger partial charge in [0.2, 0.25) is 0 Å². The van der Waals surface area contributed by atoms with Crippen LogP contribution >= 0.6 is 0 Å². The van der Waals surface area contributed by atoms with Gasteiger partial charge in [-0.05, 0) is 54.4 Å². The lowest BCUT2D eigenvalue weighted by molar-refractivity contribution is -0.127. The number of nitrogens with zero attached hydrogens (tertiary/aromatic N) is 2. The van der Waals surface area contributed by atoms with Gasteiger partial charge in [-0.15, -0.1) is 0 Å². The molecule has 0 bridgehead atoms. The highest BCUT2D eigenvalue weighted by Crippen LogP contribution is 2.50. The van der Waals surface area contributed by atoms with Crippen molar-refractivity contribution in [3.05, 3.63) is 95.1 Å². The standard InChI is InChI=1S/C27H31FN2O2/c1-19(2)21-5-7-22(8-6-21)27(31,26(3)17-30(4)18-26)23-13-20(14-29-15-23)16-32-25-11-9-24(28)10-12-25/h5-15,19,31H,16-18H2,1-4H3. The van der Waals surface area contributed by atoms with Crippen LogP contribution in [0.4, 0.5) is 4.39 Å². The molecule has 1 fully saturated rings. The van der Waals surface area contributed by atoms with Gasteiger partial charge in [-0.3, -0.25) is 4.98 Å². The minimum absolute atomic E-state index is 0.283. The molecule has 2 aromatic carbocycles. The zero-order chi connectivity index (χ0) is 22.9. The van der Waals surface area contributed by atoms with E-state index in [2.05, 4.69) is 49.8 Å². The molecule has 0 spiro atoms. The summed E-state index contributed by atoms with van der Waals surface area (Å²) in [6, 6.07) is 16.2. The molecule has 0 aliphatic carbocycles. The molecule has 1 saturated heterocycles. The van der Waals surface area contributed by atoms with E-state index in [-0.39, 0.29) is 17.8 Å². The predicted molar refractivity (Wildman–Crippen MR) is 124 cm³/mol. The summed E-state index contributed by atoms with van der Waals surface area (Å²) in [5.74, 6) is 0.716. The molecule has 1 unspecified atom stereocenters. The van der Waals surface area contributed by atoms with Crippen LogP contribution in [0.25, 0.3) is 0 Å². The zero-order valence-electron chi connectivity index (χ0n) is 19.2. The average molecular weight is 435 g/mol. The van der Waals surface area contributed by atoms with E-state index < -0.39 is 5.60 Å². The predicted octanol–water partition coefficient (Wildman–Crippen LogP) is 5.11. The minimum atomic E-state index is -1.19. The van der Waals surface area contributed by atoms with E-state index in [1.165, 1.54) is 17.7 Å². The van der Waals surface area contributed by atoms with E-state index in [1.807, 2.05) is 18.2 Å². The van der Waals surface area contributed by atoms with Gasteiger partial charge in [0, 0.05) is 42.0 Å². The van der Waals surface area contributed by atoms with E-state index in [0.717, 1.165) is 29.8 Å². The Balaban J connectivity index is 1.67. The number of rotatable bonds is 7. The highest BCUT2D eigenvalue weighted by Gasteiger charge is 2.55. The largest absolute Gasteiger partial charge is 0.489 e. The van der Waals surface area contributed by atoms with Crippen molar-refractivity contribution in [1.82, 2.24) is 9.88 Å². The van der Waals surface area contributed by atoms with Crippen LogP contribution in [0.5, 0.6) is 5.75 Å². The highest BCUT2D eigenvalue weighted by atomic mass is 19.1. The van der Waals surface area contributed by atoms with Crippen molar-refractivity contribution in [1.29, 1.82) is 0 Å². The first-order valence-corrected chi connectivity index (χ1v) is 11.1. The van der Waals surface area contributed by atoms with Crippen molar-refractivity contribution in [2.45, 2.75) is 38.9 Å². The first-order valence-electron chi connectivity index (χ1n) is 11.1. The van der Waals surface area contributed by atoms with Crippen LogP contribution in [0.15, 0.2) is 67.0 Å². The third-order valence-corrected chi connectivity index (χ3v) is 6.54. The summed E-state index contributed by atoms with van der Waals surface area (Å²) in [4.78, 5) is 6.64. The lowest BCUT2D eigenvalue weighted by Gasteiger charge is -2.55. The zero-order valence-corrected chi connectivity index (χ0v) is 19.2. The van der Waals surface area contributed by atoms with E-state index in [9.17, 15) is 9.50 Å². The summed E-state index contributed by atoms with van der Waals surface area (Å²) in [6.45, 7) is 8.31. The Hall–Kier alpha value is -2.76. The van der Waals surface area contributed by atoms with Gasteiger partial charge >= 0.3 is 0 Å². The smallest absolute Gasteiger partial charge is 0.124 e. The number of pyridine rings is 1. The maximum atomic E-state index is 13.1. The normalized spacial score (nSPS) is 17.6. The van der Waals surface area contributed by atoms with Gasteiger partial charge in [-0.25, -0.2) is 4.39 Å². The summed E-state index contributed by atoms with van der Waals surface area (Å²) < 4.78 is 19.0. The summed E-state index contributed by atoms with van der Waals surface area (Å²) in [5.41, 5.74) is 2.18. The molecule has 2 heterocycles. The lowest BCUT2D eigenvalue weighted by Crippen LogP contribution is -2.63. The fourth-order valence-corrected chi connectivity index (χ4v) is 4.81. The number of aromatic nitrogens is 1. The van der Waals surface area contributed by atoms with Crippen LogP contribution in [0.1, 0.15) is 48.9 Å². The third-order valence-electron chi connectivity index (χ3n) is 6.54. The molecule has 0 radical (unpaired) electrons. The van der Waals surface area contributed by atoms with Crippen LogP contribution in [0, 0.1) is 11.2 Å². The molecule has 5 heteroatoms. The topological polar surface area (TPSA) is 45.6 Å². The Labute approximate surface area is 189 Å². The summed E-state index contributed by atoms with van der Waals surface area (Å²) in [7, 11) is 2.06. The van der Waals surface area contributed by atoms with E-state index in [4.69, 9.17) is 4.74 Å². The number of benzene rings is 2. The maximum absolute atomic E-state index is 13.1. The van der Waals surface area contributed by atoms with Crippen LogP contribution in [0.3, 0.4) is 0 Å². The molecule has 1 aliphatic heterocycles. The quantitative estimate of drug-likeness (QED) is 0.561. The number of likely N-dealkylation sites (tertiary alicyclic amines) is 1. The second-order valence-electron chi connectivity index (χ2n) is 9.54. The minimum Gasteiger partial charge on any atom is -0.489 e. The number of halogens is 1. The number of hydrogen-bond donors (Lipinski definition) is 1. The molecule has 3 aromatic rings. The van der Waals surface area contributed by atoms with Gasteiger partial charge in [0.1, 0.15) is 23.8 Å². The Morgan fingerprint density at radius 3 is 2.31 bits per heavy atom. The van der Waals surface area contributed by atoms with Crippen molar-refractivity contribution in [2.24, 2.45) is 5.41 Å². The van der Waals surface area contributed by atoms with Gasteiger partial charge < -0.3 is 14.7 Å². The molecule has 1 atom stereocenters. The van der Waals surface area contributed by atoms with Crippen molar-refractivity contribution < 1.29 is 14.2 Å². The molecular formula is C27H31FN2O2. The Kier molecular flexibility index (Phi) is 6.06. The van der Waals surface area contributed by atoms with Crippen molar-refractivity contribution in [3.8, 4) is 5.75 Å². The van der Waals surface area contributed by atoms with Crippen LogP contribution in [-0.4, -0.2) is 35.1 Å². The van der Waals surface area contributed by atoms with Crippen molar-refractivity contribution in [2.75, 3.05) is 20.1 Å². The lowest BCUT2D eigenvalue weighted by atomic mass is 9.62. The van der Waals surface area contributed by atoms with Gasteiger partial charge in [0.05, 0.1) is 0 Å². The molecule has 168 valence electrons. The number of hydrogen-bond acceptors (Lipinski definition) is 4. The molecule has 0 amide bonds. The molecule has 32 heavy (non-hydrogen) atoms. The number of aliphatic hydroxyl groups is 1. The van der Waals surface area contributed by atoms with Gasteiger partial charge in [-0.2, -0.15) is 0 Å². The SMILES string of the molecule is CC(C)c1ccc(C(O)(c2cncc(COc3ccc(F)cc3)c2)C2(C)CN(C)C2)cc1. The summed E-state index contributed by atoms with van der Waals surface area (Å²) in [6.07, 6.45) is 3.49. The Morgan fingerprint density at radius 1 is 1.06 bits per heavy atom. The highest BCUT2D eigenvalue weighted by molar-refractivity contribution is 5.42. The first kappa shape index (κ1) is 22.4. The van der Waals surface area contributed by atoms with Crippen LogP contribution in [-0.2, 0) is 12.2 Å². The molecule has 4 nitrogen and oxygen atoms in total. The fourth-order valence-electron chi connectivity index (χ4n) is 4.81. The average Bonchev–Trinajstić information content (AvgIpc) is 2.77. The molecular weight excluding hydrogens is 403 g/mol. The van der Waals surface area contributed by atoms with E-state index in [1.54, 1.807) is 24.5 Å². The van der Waals surface area contributed by atoms with Crippen LogP contribution < -0.4 is 4.74 Å². The van der Waals surface area contributed by atoms with Crippen molar-refractivity contribution >= 4 is 0 Å². The molecule has 0 saturated carbocycles. The molecule has 1 N–H and O–H groups in total. The first-order chi connectivity index (χ1) is 15.2.